The predicted octanol–water partition coefficient (Wildman–Crippen LogP) is 3.21. The third-order valence-electron chi connectivity index (χ3n) is 6.01. The Morgan fingerprint density at radius 3 is 2.41 bits per heavy atom. The zero-order valence-electron chi connectivity index (χ0n) is 17.0. The van der Waals surface area contributed by atoms with E-state index < -0.39 is 0 Å². The fraction of sp³-hybridized carbons (Fsp3) is 0.417. The van der Waals surface area contributed by atoms with Crippen molar-refractivity contribution in [2.45, 2.75) is 25.7 Å². The Balaban J connectivity index is 1.32. The Bertz CT molecular complexity index is 901. The Labute approximate surface area is 172 Å². The lowest BCUT2D eigenvalue weighted by Crippen LogP contribution is -2.49. The normalized spacial score (nSPS) is 16.9. The fourth-order valence-corrected chi connectivity index (χ4v) is 4.25. The van der Waals surface area contributed by atoms with Crippen LogP contribution in [0.15, 0.2) is 42.5 Å². The molecule has 0 N–H and O–H groups in total. The van der Waals surface area contributed by atoms with Gasteiger partial charge in [0.25, 0.3) is 5.91 Å². The standard InChI is InChI=1S/C24H28N2O3/c1-29-22-8-4-7-21(16-22)24(28)26-13-11-25(12-14-26)17-23(27)20-10-9-18-5-2-3-6-19(18)15-20/h4,7-10,15-16H,2-3,5-6,11-14,17H2,1H3. The minimum Gasteiger partial charge on any atom is -0.497 e. The van der Waals surface area contributed by atoms with Gasteiger partial charge in [0.15, 0.2) is 5.78 Å². The number of piperazine rings is 1. The second-order valence-corrected chi connectivity index (χ2v) is 7.91. The van der Waals surface area contributed by atoms with E-state index in [0.717, 1.165) is 18.4 Å². The molecule has 0 saturated carbocycles. The first-order valence-electron chi connectivity index (χ1n) is 10.4. The Hall–Kier alpha value is -2.66. The molecule has 29 heavy (non-hydrogen) atoms. The molecule has 0 bridgehead atoms. The van der Waals surface area contributed by atoms with Gasteiger partial charge in [-0.25, -0.2) is 0 Å². The lowest BCUT2D eigenvalue weighted by atomic mass is 9.90. The molecule has 1 aliphatic heterocycles. The van der Waals surface area contributed by atoms with Gasteiger partial charge < -0.3 is 9.64 Å². The second kappa shape index (κ2) is 8.78. The smallest absolute Gasteiger partial charge is 0.254 e. The largest absolute Gasteiger partial charge is 0.497 e. The molecule has 4 rings (SSSR count). The predicted molar refractivity (Wildman–Crippen MR) is 113 cm³/mol. The van der Waals surface area contributed by atoms with Crippen LogP contribution >= 0.6 is 0 Å². The third kappa shape index (κ3) is 4.51. The van der Waals surface area contributed by atoms with Gasteiger partial charge in [0.2, 0.25) is 0 Å². The Morgan fingerprint density at radius 1 is 0.897 bits per heavy atom. The Morgan fingerprint density at radius 2 is 1.66 bits per heavy atom. The summed E-state index contributed by atoms with van der Waals surface area (Å²) in [6.45, 7) is 3.11. The first-order chi connectivity index (χ1) is 14.1. The first kappa shape index (κ1) is 19.6. The number of carbonyl (C=O) groups is 2. The van der Waals surface area contributed by atoms with E-state index in [9.17, 15) is 9.59 Å². The van der Waals surface area contributed by atoms with Gasteiger partial charge in [0.05, 0.1) is 13.7 Å². The van der Waals surface area contributed by atoms with Gasteiger partial charge in [-0.1, -0.05) is 18.2 Å². The van der Waals surface area contributed by atoms with Crippen molar-refractivity contribution in [2.75, 3.05) is 39.8 Å². The molecular weight excluding hydrogens is 364 g/mol. The average molecular weight is 392 g/mol. The minimum atomic E-state index is 0.0181. The number of Topliss-reactive ketones (excluding diaryl/α,β-unsaturated/α-hetero) is 1. The summed E-state index contributed by atoms with van der Waals surface area (Å²) in [6.07, 6.45) is 4.68. The van der Waals surface area contributed by atoms with Crippen molar-refractivity contribution in [3.05, 3.63) is 64.7 Å². The molecule has 0 atom stereocenters. The lowest BCUT2D eigenvalue weighted by Gasteiger charge is -2.34. The number of carbonyl (C=O) groups excluding carboxylic acids is 2. The van der Waals surface area contributed by atoms with Crippen LogP contribution in [0.3, 0.4) is 0 Å². The topological polar surface area (TPSA) is 49.9 Å². The maximum atomic E-state index is 12.8. The summed E-state index contributed by atoms with van der Waals surface area (Å²) >= 11 is 0. The molecule has 1 heterocycles. The molecule has 1 fully saturated rings. The van der Waals surface area contributed by atoms with Crippen molar-refractivity contribution in [1.29, 1.82) is 0 Å². The van der Waals surface area contributed by atoms with Crippen molar-refractivity contribution in [3.63, 3.8) is 0 Å². The van der Waals surface area contributed by atoms with E-state index in [4.69, 9.17) is 4.74 Å². The molecular formula is C24H28N2O3. The molecule has 5 heteroatoms. The van der Waals surface area contributed by atoms with Crippen LogP contribution in [0.5, 0.6) is 5.75 Å². The molecule has 5 nitrogen and oxygen atoms in total. The number of benzene rings is 2. The molecule has 1 saturated heterocycles. The SMILES string of the molecule is COc1cccc(C(=O)N2CCN(CC(=O)c3ccc4c(c3)CCCC4)CC2)c1. The molecule has 1 amide bonds. The van der Waals surface area contributed by atoms with Crippen LogP contribution in [0.1, 0.15) is 44.7 Å². The van der Waals surface area contributed by atoms with Crippen LogP contribution < -0.4 is 4.74 Å². The summed E-state index contributed by atoms with van der Waals surface area (Å²) < 4.78 is 5.21. The number of ether oxygens (including phenoxy) is 1. The second-order valence-electron chi connectivity index (χ2n) is 7.91. The summed E-state index contributed by atoms with van der Waals surface area (Å²) in [4.78, 5) is 29.5. The number of fused-ring (bicyclic) bond motifs is 1. The van der Waals surface area contributed by atoms with Crippen molar-refractivity contribution in [2.24, 2.45) is 0 Å². The van der Waals surface area contributed by atoms with Gasteiger partial charge in [-0.05, 0) is 61.1 Å². The zero-order valence-corrected chi connectivity index (χ0v) is 17.0. The van der Waals surface area contributed by atoms with E-state index in [1.807, 2.05) is 29.2 Å². The highest BCUT2D eigenvalue weighted by molar-refractivity contribution is 5.98. The molecule has 152 valence electrons. The average Bonchev–Trinajstić information content (AvgIpc) is 2.78. The fourth-order valence-electron chi connectivity index (χ4n) is 4.25. The molecule has 2 aliphatic rings. The number of aryl methyl sites for hydroxylation is 2. The molecule has 0 radical (unpaired) electrons. The molecule has 0 spiro atoms. The first-order valence-corrected chi connectivity index (χ1v) is 10.4. The number of amides is 1. The summed E-state index contributed by atoms with van der Waals surface area (Å²) in [5.41, 5.74) is 4.21. The number of rotatable bonds is 5. The zero-order chi connectivity index (χ0) is 20.2. The molecule has 2 aromatic rings. The van der Waals surface area contributed by atoms with Crippen molar-refractivity contribution < 1.29 is 14.3 Å². The van der Waals surface area contributed by atoms with E-state index in [-0.39, 0.29) is 11.7 Å². The summed E-state index contributed by atoms with van der Waals surface area (Å²) in [5, 5.41) is 0. The third-order valence-corrected chi connectivity index (χ3v) is 6.01. The van der Waals surface area contributed by atoms with Crippen LogP contribution in [-0.2, 0) is 12.8 Å². The van der Waals surface area contributed by atoms with Crippen LogP contribution in [-0.4, -0.2) is 61.3 Å². The summed E-state index contributed by atoms with van der Waals surface area (Å²) in [6, 6.07) is 13.5. The molecule has 0 aromatic heterocycles. The van der Waals surface area contributed by atoms with Crippen molar-refractivity contribution in [3.8, 4) is 5.75 Å². The van der Waals surface area contributed by atoms with Crippen molar-refractivity contribution in [1.82, 2.24) is 9.80 Å². The van der Waals surface area contributed by atoms with Crippen LogP contribution in [0.25, 0.3) is 0 Å². The number of nitrogens with zero attached hydrogens (tertiary/aromatic N) is 2. The summed E-state index contributed by atoms with van der Waals surface area (Å²) in [5.74, 6) is 0.876. The number of hydrogen-bond acceptors (Lipinski definition) is 4. The number of methoxy groups -OCH3 is 1. The van der Waals surface area contributed by atoms with Crippen molar-refractivity contribution >= 4 is 11.7 Å². The van der Waals surface area contributed by atoms with E-state index in [2.05, 4.69) is 17.0 Å². The maximum absolute atomic E-state index is 12.8. The number of hydrogen-bond donors (Lipinski definition) is 0. The highest BCUT2D eigenvalue weighted by Crippen LogP contribution is 2.23. The molecule has 1 aliphatic carbocycles. The van der Waals surface area contributed by atoms with Crippen LogP contribution in [0.2, 0.25) is 0 Å². The van der Waals surface area contributed by atoms with Gasteiger partial charge in [-0.2, -0.15) is 0 Å². The van der Waals surface area contributed by atoms with Crippen LogP contribution in [0, 0.1) is 0 Å². The lowest BCUT2D eigenvalue weighted by molar-refractivity contribution is 0.0624. The maximum Gasteiger partial charge on any atom is 0.254 e. The highest BCUT2D eigenvalue weighted by Gasteiger charge is 2.24. The van der Waals surface area contributed by atoms with Gasteiger partial charge in [0.1, 0.15) is 5.75 Å². The van der Waals surface area contributed by atoms with Gasteiger partial charge >= 0.3 is 0 Å². The minimum absolute atomic E-state index is 0.0181. The van der Waals surface area contributed by atoms with Crippen LogP contribution in [0.4, 0.5) is 0 Å². The summed E-state index contributed by atoms with van der Waals surface area (Å²) in [7, 11) is 1.60. The van der Waals surface area contributed by atoms with E-state index in [1.165, 1.54) is 24.0 Å². The molecule has 0 unspecified atom stereocenters. The monoisotopic (exact) mass is 392 g/mol. The van der Waals surface area contributed by atoms with E-state index in [1.54, 1.807) is 13.2 Å². The van der Waals surface area contributed by atoms with E-state index >= 15 is 0 Å². The van der Waals surface area contributed by atoms with E-state index in [0.29, 0.717) is 44.0 Å². The van der Waals surface area contributed by atoms with Gasteiger partial charge in [-0.3, -0.25) is 14.5 Å². The quantitative estimate of drug-likeness (QED) is 0.733. The van der Waals surface area contributed by atoms with Gasteiger partial charge in [0, 0.05) is 37.3 Å². The van der Waals surface area contributed by atoms with Gasteiger partial charge in [-0.15, -0.1) is 0 Å². The Kier molecular flexibility index (Phi) is 5.95. The highest BCUT2D eigenvalue weighted by atomic mass is 16.5. The molecule has 2 aromatic carbocycles. The number of ketones is 1.